The molecule has 2 aliphatic heterocycles. The average molecular weight is 668 g/mol. The largest absolute Gasteiger partial charge is 0.497 e. The van der Waals surface area contributed by atoms with Gasteiger partial charge in [0.25, 0.3) is 0 Å². The van der Waals surface area contributed by atoms with Crippen molar-refractivity contribution in [3.8, 4) is 5.75 Å². The number of piperazine rings is 1. The second kappa shape index (κ2) is 15.2. The van der Waals surface area contributed by atoms with Gasteiger partial charge in [0.2, 0.25) is 5.91 Å². The number of aryl methyl sites for hydroxylation is 2. The van der Waals surface area contributed by atoms with Gasteiger partial charge < -0.3 is 24.8 Å². The summed E-state index contributed by atoms with van der Waals surface area (Å²) in [7, 11) is -0.298. The van der Waals surface area contributed by atoms with Gasteiger partial charge in [-0.25, -0.2) is 0 Å². The number of anilines is 1. The third kappa shape index (κ3) is 7.42. The van der Waals surface area contributed by atoms with Crippen molar-refractivity contribution in [1.29, 1.82) is 0 Å². The van der Waals surface area contributed by atoms with Crippen molar-refractivity contribution in [3.05, 3.63) is 102 Å². The van der Waals surface area contributed by atoms with E-state index in [9.17, 15) is 9.90 Å². The molecule has 2 fully saturated rings. The second-order valence-electron chi connectivity index (χ2n) is 13.8. The predicted octanol–water partition coefficient (Wildman–Crippen LogP) is 4.76. The summed E-state index contributed by atoms with van der Waals surface area (Å²) in [5.41, 5.74) is 4.41. The minimum Gasteiger partial charge on any atom is -0.497 e. The Bertz CT molecular complexity index is 1650. The summed E-state index contributed by atoms with van der Waals surface area (Å²) >= 11 is 0. The molecule has 3 aromatic carbocycles. The summed E-state index contributed by atoms with van der Waals surface area (Å²) in [6.45, 7) is 9.89. The lowest BCUT2D eigenvalue weighted by Crippen LogP contribution is -2.50. The number of nitrogens with one attached hydrogen (secondary N) is 1. The Morgan fingerprint density at radius 2 is 1.83 bits per heavy atom. The van der Waals surface area contributed by atoms with Crippen LogP contribution in [0.2, 0.25) is 18.6 Å². The zero-order valence-corrected chi connectivity index (χ0v) is 29.6. The standard InChI is InChI=1S/C38H49N5O4Si/c1-27-35(18-13-28-9-8-12-30(23-28)43-22-20-39-24-37(43)45)47-36(38(27)48(3,4)32-16-14-31(46-2)15-17-32)19-21-42-25-34(40-41-42)33(26-44)29-10-6-5-7-11-29/h5-12,14-17,23,25,27,33,35-36,38-39,44H,13,18-22,24,26H2,1-4H3/t27-,33?,35+,36-,38+/m1/s1. The van der Waals surface area contributed by atoms with Crippen LogP contribution in [0.5, 0.6) is 5.75 Å². The Kier molecular flexibility index (Phi) is 10.7. The van der Waals surface area contributed by atoms with Crippen molar-refractivity contribution in [2.75, 3.05) is 38.3 Å². The van der Waals surface area contributed by atoms with Gasteiger partial charge in [0.05, 0.1) is 52.2 Å². The van der Waals surface area contributed by atoms with Crippen LogP contribution in [0.4, 0.5) is 5.69 Å². The lowest BCUT2D eigenvalue weighted by Gasteiger charge is -2.36. The SMILES string of the molecule is COc1ccc([Si](C)(C)[C@H]2[C@H](C)[C@H](CCc3cccc(N4CCNCC4=O)c3)O[C@@H]2CCn2cc(C(CO)c3ccccc3)nn2)cc1. The summed E-state index contributed by atoms with van der Waals surface area (Å²) in [5, 5.41) is 23.7. The second-order valence-corrected chi connectivity index (χ2v) is 18.5. The fourth-order valence-electron chi connectivity index (χ4n) is 7.88. The van der Waals surface area contributed by atoms with Gasteiger partial charge in [0.15, 0.2) is 0 Å². The number of ether oxygens (including phenoxy) is 2. The Morgan fingerprint density at radius 3 is 2.56 bits per heavy atom. The monoisotopic (exact) mass is 667 g/mol. The number of aliphatic hydroxyl groups excluding tert-OH is 1. The van der Waals surface area contributed by atoms with Gasteiger partial charge in [0.1, 0.15) is 5.75 Å². The smallest absolute Gasteiger partial charge is 0.240 e. The molecule has 2 saturated heterocycles. The Labute approximate surface area is 285 Å². The Hall–Kier alpha value is -3.83. The van der Waals surface area contributed by atoms with Crippen molar-refractivity contribution >= 4 is 24.9 Å². The highest BCUT2D eigenvalue weighted by atomic mass is 28.3. The van der Waals surface area contributed by atoms with Gasteiger partial charge in [0, 0.05) is 31.5 Å². The lowest BCUT2D eigenvalue weighted by molar-refractivity contribution is -0.118. The minimum atomic E-state index is -2.01. The summed E-state index contributed by atoms with van der Waals surface area (Å²) < 4.78 is 14.4. The van der Waals surface area contributed by atoms with Crippen molar-refractivity contribution in [2.24, 2.45) is 5.92 Å². The number of carbonyl (C=O) groups is 1. The van der Waals surface area contributed by atoms with E-state index < -0.39 is 8.07 Å². The average Bonchev–Trinajstić information content (AvgIpc) is 3.71. The van der Waals surface area contributed by atoms with E-state index in [1.165, 1.54) is 10.8 Å². The third-order valence-electron chi connectivity index (χ3n) is 10.5. The van der Waals surface area contributed by atoms with E-state index in [1.807, 2.05) is 52.2 Å². The lowest BCUT2D eigenvalue weighted by atomic mass is 9.95. The zero-order chi connectivity index (χ0) is 33.7. The molecule has 0 bridgehead atoms. The molecule has 2 N–H and O–H groups in total. The molecule has 6 rings (SSSR count). The van der Waals surface area contributed by atoms with Crippen LogP contribution in [0.1, 0.15) is 42.5 Å². The maximum absolute atomic E-state index is 12.5. The fourth-order valence-corrected chi connectivity index (χ4v) is 12.0. The molecule has 9 nitrogen and oxygen atoms in total. The number of amides is 1. The first-order chi connectivity index (χ1) is 23.3. The van der Waals surface area contributed by atoms with Crippen LogP contribution in [0, 0.1) is 5.92 Å². The Balaban J connectivity index is 1.19. The molecule has 2 aliphatic rings. The van der Waals surface area contributed by atoms with E-state index in [-0.39, 0.29) is 30.6 Å². The van der Waals surface area contributed by atoms with Crippen LogP contribution in [0.15, 0.2) is 85.1 Å². The molecule has 48 heavy (non-hydrogen) atoms. The molecular weight excluding hydrogens is 619 g/mol. The number of aliphatic hydroxyl groups is 1. The summed E-state index contributed by atoms with van der Waals surface area (Å²) in [4.78, 5) is 14.4. The summed E-state index contributed by atoms with van der Waals surface area (Å²) in [6.07, 6.45) is 4.81. The number of benzene rings is 3. The van der Waals surface area contributed by atoms with Crippen molar-refractivity contribution in [2.45, 2.75) is 69.5 Å². The van der Waals surface area contributed by atoms with Crippen molar-refractivity contribution in [3.63, 3.8) is 0 Å². The Morgan fingerprint density at radius 1 is 1.04 bits per heavy atom. The van der Waals surface area contributed by atoms with Crippen LogP contribution < -0.4 is 20.1 Å². The minimum absolute atomic E-state index is 0.0220. The van der Waals surface area contributed by atoms with Gasteiger partial charge in [-0.3, -0.25) is 9.48 Å². The number of methoxy groups -OCH3 is 1. The molecule has 0 aliphatic carbocycles. The highest BCUT2D eigenvalue weighted by molar-refractivity contribution is 6.91. The van der Waals surface area contributed by atoms with Gasteiger partial charge in [-0.15, -0.1) is 5.10 Å². The van der Waals surface area contributed by atoms with Crippen LogP contribution in [-0.2, 0) is 22.5 Å². The highest BCUT2D eigenvalue weighted by Gasteiger charge is 2.50. The molecule has 0 saturated carbocycles. The molecule has 1 unspecified atom stereocenters. The molecular formula is C38H49N5O4Si. The first kappa shape index (κ1) is 34.0. The molecule has 1 amide bonds. The topological polar surface area (TPSA) is 102 Å². The molecule has 254 valence electrons. The first-order valence-electron chi connectivity index (χ1n) is 17.2. The number of hydrogen-bond acceptors (Lipinski definition) is 7. The highest BCUT2D eigenvalue weighted by Crippen LogP contribution is 2.46. The molecule has 0 spiro atoms. The fraction of sp³-hybridized carbons (Fsp3) is 0.447. The maximum Gasteiger partial charge on any atom is 0.240 e. The van der Waals surface area contributed by atoms with Crippen molar-refractivity contribution in [1.82, 2.24) is 20.3 Å². The molecule has 1 aromatic heterocycles. The number of rotatable bonds is 13. The van der Waals surface area contributed by atoms with E-state index in [4.69, 9.17) is 9.47 Å². The first-order valence-corrected chi connectivity index (χ1v) is 20.3. The molecule has 4 aromatic rings. The summed E-state index contributed by atoms with van der Waals surface area (Å²) in [5.74, 6) is 1.16. The van der Waals surface area contributed by atoms with Crippen molar-refractivity contribution < 1.29 is 19.4 Å². The zero-order valence-electron chi connectivity index (χ0n) is 28.6. The van der Waals surface area contributed by atoms with Crippen LogP contribution in [-0.4, -0.2) is 79.6 Å². The van der Waals surface area contributed by atoms with Gasteiger partial charge in [-0.1, -0.05) is 85.0 Å². The van der Waals surface area contributed by atoms with E-state index in [0.717, 1.165) is 48.5 Å². The predicted molar refractivity (Wildman–Crippen MR) is 192 cm³/mol. The normalized spacial score (nSPS) is 22.2. The van der Waals surface area contributed by atoms with Crippen LogP contribution in [0.25, 0.3) is 0 Å². The summed E-state index contributed by atoms with van der Waals surface area (Å²) in [6, 6.07) is 27.1. The van der Waals surface area contributed by atoms with E-state index in [0.29, 0.717) is 31.1 Å². The number of hydrogen-bond donors (Lipinski definition) is 2. The molecule has 10 heteroatoms. The quantitative estimate of drug-likeness (QED) is 0.198. The van der Waals surface area contributed by atoms with Gasteiger partial charge in [-0.2, -0.15) is 0 Å². The molecule has 5 atom stereocenters. The maximum atomic E-state index is 12.5. The number of nitrogens with zero attached hydrogens (tertiary/aromatic N) is 4. The number of carbonyl (C=O) groups excluding carboxylic acids is 1. The van der Waals surface area contributed by atoms with Gasteiger partial charge in [-0.05, 0) is 66.1 Å². The van der Waals surface area contributed by atoms with Crippen LogP contribution >= 0.6 is 0 Å². The van der Waals surface area contributed by atoms with E-state index in [2.05, 4.69) is 78.1 Å². The van der Waals surface area contributed by atoms with E-state index in [1.54, 1.807) is 7.11 Å². The number of aromatic nitrogens is 3. The van der Waals surface area contributed by atoms with Gasteiger partial charge >= 0.3 is 0 Å². The molecule has 0 radical (unpaired) electrons. The molecule has 3 heterocycles. The third-order valence-corrected chi connectivity index (χ3v) is 14.9. The van der Waals surface area contributed by atoms with Crippen LogP contribution in [0.3, 0.4) is 0 Å². The van der Waals surface area contributed by atoms with E-state index >= 15 is 0 Å².